The Bertz CT molecular complexity index is 480. The average molecular weight is 233 g/mol. The van der Waals surface area contributed by atoms with Gasteiger partial charge in [0.25, 0.3) is 5.91 Å². The third-order valence-corrected chi connectivity index (χ3v) is 2.90. The van der Waals surface area contributed by atoms with Crippen molar-refractivity contribution in [2.45, 2.75) is 6.54 Å². The van der Waals surface area contributed by atoms with Crippen LogP contribution in [0, 0.1) is 0 Å². The van der Waals surface area contributed by atoms with Gasteiger partial charge in [0.2, 0.25) is 0 Å². The highest BCUT2D eigenvalue weighted by Crippen LogP contribution is 2.15. The molecule has 0 aliphatic carbocycles. The molecule has 1 aromatic carbocycles. The standard InChI is InChI=1S/C12H11NO2S/c14-11-4-2-1-3-9(11)7-13-12(15)10-5-6-16-8-10/h1-6,8,14H,7H2,(H,13,15). The number of para-hydroxylation sites is 1. The van der Waals surface area contributed by atoms with Gasteiger partial charge >= 0.3 is 0 Å². The van der Waals surface area contributed by atoms with Crippen LogP contribution in [0.15, 0.2) is 41.1 Å². The number of nitrogens with one attached hydrogen (secondary N) is 1. The van der Waals surface area contributed by atoms with E-state index >= 15 is 0 Å². The first-order valence-corrected chi connectivity index (χ1v) is 5.79. The zero-order valence-corrected chi connectivity index (χ0v) is 9.33. The van der Waals surface area contributed by atoms with Gasteiger partial charge in [-0.15, -0.1) is 0 Å². The number of amides is 1. The van der Waals surface area contributed by atoms with Crippen molar-refractivity contribution in [1.82, 2.24) is 5.32 Å². The highest BCUT2D eigenvalue weighted by atomic mass is 32.1. The van der Waals surface area contributed by atoms with E-state index in [-0.39, 0.29) is 11.7 Å². The fourth-order valence-electron chi connectivity index (χ4n) is 1.33. The predicted molar refractivity (Wildman–Crippen MR) is 63.6 cm³/mol. The summed E-state index contributed by atoms with van der Waals surface area (Å²) in [7, 11) is 0. The Balaban J connectivity index is 1.98. The predicted octanol–water partition coefficient (Wildman–Crippen LogP) is 2.38. The van der Waals surface area contributed by atoms with Crippen LogP contribution in [0.2, 0.25) is 0 Å². The van der Waals surface area contributed by atoms with Gasteiger partial charge in [0, 0.05) is 23.1 Å². The first-order valence-electron chi connectivity index (χ1n) is 4.84. The summed E-state index contributed by atoms with van der Waals surface area (Å²) in [5.74, 6) is 0.0811. The number of rotatable bonds is 3. The molecule has 1 heterocycles. The lowest BCUT2D eigenvalue weighted by molar-refractivity contribution is 0.0951. The van der Waals surface area contributed by atoms with Crippen molar-refractivity contribution in [2.75, 3.05) is 0 Å². The number of hydrogen-bond acceptors (Lipinski definition) is 3. The number of phenolic OH excluding ortho intramolecular Hbond substituents is 1. The largest absolute Gasteiger partial charge is 0.508 e. The highest BCUT2D eigenvalue weighted by molar-refractivity contribution is 7.08. The van der Waals surface area contributed by atoms with E-state index in [9.17, 15) is 9.90 Å². The van der Waals surface area contributed by atoms with E-state index < -0.39 is 0 Å². The smallest absolute Gasteiger partial charge is 0.252 e. The van der Waals surface area contributed by atoms with Crippen LogP contribution >= 0.6 is 11.3 Å². The number of thiophene rings is 1. The van der Waals surface area contributed by atoms with E-state index in [1.54, 1.807) is 29.6 Å². The molecule has 2 aromatic rings. The quantitative estimate of drug-likeness (QED) is 0.855. The summed E-state index contributed by atoms with van der Waals surface area (Å²) < 4.78 is 0. The van der Waals surface area contributed by atoms with Gasteiger partial charge in [0.1, 0.15) is 5.75 Å². The number of carbonyl (C=O) groups is 1. The molecule has 0 saturated heterocycles. The summed E-state index contributed by atoms with van der Waals surface area (Å²) in [6.07, 6.45) is 0. The fraction of sp³-hybridized carbons (Fsp3) is 0.0833. The third kappa shape index (κ3) is 2.41. The number of benzene rings is 1. The summed E-state index contributed by atoms with van der Waals surface area (Å²) in [6.45, 7) is 0.335. The van der Waals surface area contributed by atoms with Gasteiger partial charge in [0.15, 0.2) is 0 Å². The van der Waals surface area contributed by atoms with Gasteiger partial charge in [0.05, 0.1) is 0 Å². The zero-order valence-electron chi connectivity index (χ0n) is 8.51. The molecule has 0 saturated carbocycles. The molecule has 0 aliphatic heterocycles. The first kappa shape index (κ1) is 10.7. The summed E-state index contributed by atoms with van der Waals surface area (Å²) in [5, 5.41) is 15.9. The molecule has 4 heteroatoms. The maximum Gasteiger partial charge on any atom is 0.252 e. The van der Waals surface area contributed by atoms with Crippen molar-refractivity contribution >= 4 is 17.2 Å². The van der Waals surface area contributed by atoms with Gasteiger partial charge in [-0.1, -0.05) is 18.2 Å². The van der Waals surface area contributed by atoms with Crippen LogP contribution in [-0.4, -0.2) is 11.0 Å². The number of hydrogen-bond donors (Lipinski definition) is 2. The lowest BCUT2D eigenvalue weighted by atomic mass is 10.2. The topological polar surface area (TPSA) is 49.3 Å². The minimum Gasteiger partial charge on any atom is -0.508 e. The Kier molecular flexibility index (Phi) is 3.22. The van der Waals surface area contributed by atoms with Crippen LogP contribution in [0.1, 0.15) is 15.9 Å². The lowest BCUT2D eigenvalue weighted by Crippen LogP contribution is -2.22. The van der Waals surface area contributed by atoms with Crippen molar-refractivity contribution in [3.05, 3.63) is 52.2 Å². The fourth-order valence-corrected chi connectivity index (χ4v) is 1.97. The highest BCUT2D eigenvalue weighted by Gasteiger charge is 2.06. The average Bonchev–Trinajstić information content (AvgIpc) is 2.81. The van der Waals surface area contributed by atoms with Crippen LogP contribution in [0.5, 0.6) is 5.75 Å². The van der Waals surface area contributed by atoms with Crippen molar-refractivity contribution in [2.24, 2.45) is 0 Å². The molecule has 82 valence electrons. The zero-order chi connectivity index (χ0) is 11.4. The number of carbonyl (C=O) groups excluding carboxylic acids is 1. The molecule has 0 atom stereocenters. The monoisotopic (exact) mass is 233 g/mol. The van der Waals surface area contributed by atoms with Gasteiger partial charge in [-0.05, 0) is 17.5 Å². The van der Waals surface area contributed by atoms with Gasteiger partial charge < -0.3 is 10.4 Å². The van der Waals surface area contributed by atoms with Crippen molar-refractivity contribution in [3.63, 3.8) is 0 Å². The summed E-state index contributed by atoms with van der Waals surface area (Å²) in [6, 6.07) is 8.73. The van der Waals surface area contributed by atoms with Gasteiger partial charge in [-0.2, -0.15) is 11.3 Å². The Labute approximate surface area is 97.4 Å². The number of phenols is 1. The molecule has 0 fully saturated rings. The van der Waals surface area contributed by atoms with Crippen molar-refractivity contribution in [3.8, 4) is 5.75 Å². The normalized spacial score (nSPS) is 10.0. The Morgan fingerprint density at radius 1 is 1.31 bits per heavy atom. The van der Waals surface area contributed by atoms with Gasteiger partial charge in [-0.25, -0.2) is 0 Å². The number of aromatic hydroxyl groups is 1. The molecule has 16 heavy (non-hydrogen) atoms. The molecule has 0 aliphatic rings. The van der Waals surface area contributed by atoms with Crippen LogP contribution < -0.4 is 5.32 Å². The Morgan fingerprint density at radius 3 is 2.81 bits per heavy atom. The minimum atomic E-state index is -0.121. The van der Waals surface area contributed by atoms with Crippen LogP contribution in [-0.2, 0) is 6.54 Å². The molecule has 2 rings (SSSR count). The van der Waals surface area contributed by atoms with Gasteiger partial charge in [-0.3, -0.25) is 4.79 Å². The van der Waals surface area contributed by atoms with E-state index in [2.05, 4.69) is 5.32 Å². The molecular weight excluding hydrogens is 222 g/mol. The molecule has 0 bridgehead atoms. The van der Waals surface area contributed by atoms with E-state index in [1.165, 1.54) is 11.3 Å². The maximum absolute atomic E-state index is 11.6. The molecule has 0 spiro atoms. The van der Waals surface area contributed by atoms with Crippen LogP contribution in [0.3, 0.4) is 0 Å². The molecule has 1 amide bonds. The summed E-state index contributed by atoms with van der Waals surface area (Å²) >= 11 is 1.48. The molecule has 0 radical (unpaired) electrons. The first-order chi connectivity index (χ1) is 7.77. The maximum atomic E-state index is 11.6. The second-order valence-corrected chi connectivity index (χ2v) is 4.10. The lowest BCUT2D eigenvalue weighted by Gasteiger charge is -2.05. The van der Waals surface area contributed by atoms with Crippen molar-refractivity contribution < 1.29 is 9.90 Å². The Morgan fingerprint density at radius 2 is 2.12 bits per heavy atom. The summed E-state index contributed by atoms with van der Waals surface area (Å²) in [4.78, 5) is 11.6. The van der Waals surface area contributed by atoms with Crippen LogP contribution in [0.25, 0.3) is 0 Å². The third-order valence-electron chi connectivity index (χ3n) is 2.21. The van der Waals surface area contributed by atoms with E-state index in [1.807, 2.05) is 11.4 Å². The molecule has 3 nitrogen and oxygen atoms in total. The molecule has 2 N–H and O–H groups in total. The van der Waals surface area contributed by atoms with Crippen molar-refractivity contribution in [1.29, 1.82) is 0 Å². The van der Waals surface area contributed by atoms with Crippen LogP contribution in [0.4, 0.5) is 0 Å². The second kappa shape index (κ2) is 4.81. The second-order valence-electron chi connectivity index (χ2n) is 3.32. The molecule has 0 unspecified atom stereocenters. The molecule has 1 aromatic heterocycles. The Hall–Kier alpha value is -1.81. The van der Waals surface area contributed by atoms with E-state index in [0.717, 1.165) is 0 Å². The SMILES string of the molecule is O=C(NCc1ccccc1O)c1ccsc1. The summed E-state index contributed by atoms with van der Waals surface area (Å²) in [5.41, 5.74) is 1.37. The molecular formula is C12H11NO2S. The minimum absolute atomic E-state index is 0.121. The van der Waals surface area contributed by atoms with E-state index in [0.29, 0.717) is 17.7 Å². The van der Waals surface area contributed by atoms with E-state index in [4.69, 9.17) is 0 Å².